The molecule has 0 spiro atoms. The fourth-order valence-corrected chi connectivity index (χ4v) is 2.03. The molecule has 1 rings (SSSR count). The van der Waals surface area contributed by atoms with Crippen LogP contribution in [-0.2, 0) is 9.53 Å². The zero-order chi connectivity index (χ0) is 12.1. The van der Waals surface area contributed by atoms with Gasteiger partial charge in [-0.25, -0.2) is 9.98 Å². The Morgan fingerprint density at radius 1 is 1.56 bits per heavy atom. The van der Waals surface area contributed by atoms with Crippen LogP contribution < -0.4 is 0 Å². The molecule has 0 bridgehead atoms. The number of thiazole rings is 1. The van der Waals surface area contributed by atoms with E-state index in [9.17, 15) is 4.79 Å². The summed E-state index contributed by atoms with van der Waals surface area (Å²) in [5.74, 6) is 0. The summed E-state index contributed by atoms with van der Waals surface area (Å²) in [5.41, 5.74) is 0.852. The maximum absolute atomic E-state index is 10.2. The van der Waals surface area contributed by atoms with Gasteiger partial charge >= 0.3 is 0 Å². The molecular weight excluding hydrogens is 226 g/mol. The van der Waals surface area contributed by atoms with Gasteiger partial charge < -0.3 is 9.64 Å². The van der Waals surface area contributed by atoms with Crippen molar-refractivity contribution in [2.24, 2.45) is 4.99 Å². The second kappa shape index (κ2) is 5.60. The Morgan fingerprint density at radius 2 is 2.25 bits per heavy atom. The summed E-state index contributed by atoms with van der Waals surface area (Å²) < 4.78 is 4.88. The summed E-state index contributed by atoms with van der Waals surface area (Å²) in [6.07, 6.45) is 1.42. The number of carbonyl (C=O) groups excluding carboxylic acids is 1. The van der Waals surface area contributed by atoms with Gasteiger partial charge in [-0.3, -0.25) is 4.79 Å². The Hall–Kier alpha value is -1.43. The molecule has 1 aromatic rings. The lowest BCUT2D eigenvalue weighted by Crippen LogP contribution is -2.06. The van der Waals surface area contributed by atoms with E-state index < -0.39 is 0 Å². The number of ether oxygens (including phenoxy) is 1. The molecule has 1 heterocycles. The Kier molecular flexibility index (Phi) is 4.42. The van der Waals surface area contributed by atoms with E-state index >= 15 is 0 Å². The maximum atomic E-state index is 10.2. The van der Waals surface area contributed by atoms with Crippen molar-refractivity contribution in [2.75, 3.05) is 14.1 Å². The monoisotopic (exact) mass is 241 g/mol. The molecule has 0 radical (unpaired) electrons. The van der Waals surface area contributed by atoms with Crippen molar-refractivity contribution in [3.63, 3.8) is 0 Å². The van der Waals surface area contributed by atoms with E-state index in [1.807, 2.05) is 32.8 Å². The molecule has 0 aliphatic rings. The third-order valence-corrected chi connectivity index (χ3v) is 3.08. The van der Waals surface area contributed by atoms with Crippen molar-refractivity contribution in [3.8, 4) is 0 Å². The molecule has 0 amide bonds. The van der Waals surface area contributed by atoms with Gasteiger partial charge in [-0.05, 0) is 13.8 Å². The molecule has 16 heavy (non-hydrogen) atoms. The lowest BCUT2D eigenvalue weighted by Gasteiger charge is -2.06. The molecule has 88 valence electrons. The van der Waals surface area contributed by atoms with Crippen LogP contribution in [-0.4, -0.2) is 36.8 Å². The molecule has 1 atom stereocenters. The van der Waals surface area contributed by atoms with E-state index in [1.54, 1.807) is 6.34 Å². The first-order chi connectivity index (χ1) is 7.54. The molecule has 0 aromatic carbocycles. The highest BCUT2D eigenvalue weighted by Gasteiger charge is 2.14. The predicted molar refractivity (Wildman–Crippen MR) is 64.3 cm³/mol. The average molecular weight is 241 g/mol. The average Bonchev–Trinajstić information content (AvgIpc) is 2.57. The van der Waals surface area contributed by atoms with E-state index in [0.29, 0.717) is 11.6 Å². The first-order valence-electron chi connectivity index (χ1n) is 4.81. The van der Waals surface area contributed by atoms with E-state index in [1.165, 1.54) is 11.3 Å². The minimum Gasteiger partial charge on any atom is -0.459 e. The Balaban J connectivity index is 2.85. The maximum Gasteiger partial charge on any atom is 0.293 e. The predicted octanol–water partition coefficient (Wildman–Crippen LogP) is 1.91. The number of nitrogens with zero attached hydrogens (tertiary/aromatic N) is 3. The van der Waals surface area contributed by atoms with E-state index in [2.05, 4.69) is 9.98 Å². The fourth-order valence-electron chi connectivity index (χ4n) is 1.14. The second-order valence-electron chi connectivity index (χ2n) is 3.53. The first kappa shape index (κ1) is 12.6. The van der Waals surface area contributed by atoms with Crippen LogP contribution in [0.2, 0.25) is 0 Å². The van der Waals surface area contributed by atoms with Crippen LogP contribution in [0.1, 0.15) is 23.6 Å². The highest BCUT2D eigenvalue weighted by molar-refractivity contribution is 7.15. The zero-order valence-electron chi connectivity index (χ0n) is 9.80. The Bertz CT molecular complexity index is 387. The molecular formula is C10H15N3O2S. The van der Waals surface area contributed by atoms with Gasteiger partial charge in [0, 0.05) is 14.1 Å². The Labute approximate surface area is 98.8 Å². The first-order valence-corrected chi connectivity index (χ1v) is 5.63. The third-order valence-electron chi connectivity index (χ3n) is 1.85. The van der Waals surface area contributed by atoms with Gasteiger partial charge in [-0.2, -0.15) is 0 Å². The summed E-state index contributed by atoms with van der Waals surface area (Å²) in [6, 6.07) is 0. The van der Waals surface area contributed by atoms with Gasteiger partial charge in [0.25, 0.3) is 6.47 Å². The van der Waals surface area contributed by atoms with Crippen LogP contribution in [0.25, 0.3) is 0 Å². The number of aryl methyl sites for hydroxylation is 1. The highest BCUT2D eigenvalue weighted by Crippen LogP contribution is 2.31. The smallest absolute Gasteiger partial charge is 0.293 e. The summed E-state index contributed by atoms with van der Waals surface area (Å²) in [7, 11) is 3.78. The quantitative estimate of drug-likeness (QED) is 0.449. The van der Waals surface area contributed by atoms with Crippen molar-refractivity contribution in [3.05, 3.63) is 10.6 Å². The zero-order valence-corrected chi connectivity index (χ0v) is 10.6. The minimum atomic E-state index is -0.265. The van der Waals surface area contributed by atoms with Gasteiger partial charge in [0.1, 0.15) is 6.10 Å². The van der Waals surface area contributed by atoms with E-state index in [-0.39, 0.29) is 6.10 Å². The second-order valence-corrected chi connectivity index (χ2v) is 4.54. The van der Waals surface area contributed by atoms with Crippen molar-refractivity contribution < 1.29 is 9.53 Å². The molecule has 0 aliphatic heterocycles. The van der Waals surface area contributed by atoms with Crippen LogP contribution in [0.4, 0.5) is 5.13 Å². The van der Waals surface area contributed by atoms with Crippen LogP contribution in [0.3, 0.4) is 0 Å². The standard InChI is InChI=1S/C10H15N3O2S/c1-7-9(8(2)15-6-14)16-10(12-7)11-5-13(3)4/h5-6,8H,1-4H3. The van der Waals surface area contributed by atoms with Gasteiger partial charge in [0.15, 0.2) is 0 Å². The van der Waals surface area contributed by atoms with Crippen LogP contribution >= 0.6 is 11.3 Å². The number of carbonyl (C=O) groups is 1. The molecule has 0 N–H and O–H groups in total. The normalized spacial score (nSPS) is 12.8. The number of rotatable bonds is 5. The van der Waals surface area contributed by atoms with Crippen molar-refractivity contribution >= 4 is 29.3 Å². The van der Waals surface area contributed by atoms with Crippen LogP contribution in [0.5, 0.6) is 0 Å². The van der Waals surface area contributed by atoms with E-state index in [4.69, 9.17) is 4.74 Å². The topological polar surface area (TPSA) is 54.8 Å². The molecule has 5 nitrogen and oxygen atoms in total. The summed E-state index contributed by atoms with van der Waals surface area (Å²) in [6.45, 7) is 4.14. The van der Waals surface area contributed by atoms with Crippen molar-refractivity contribution in [2.45, 2.75) is 20.0 Å². The summed E-state index contributed by atoms with van der Waals surface area (Å²) >= 11 is 1.43. The van der Waals surface area contributed by atoms with Crippen molar-refractivity contribution in [1.82, 2.24) is 9.88 Å². The number of hydrogen-bond acceptors (Lipinski definition) is 5. The molecule has 0 saturated heterocycles. The van der Waals surface area contributed by atoms with Gasteiger partial charge in [-0.15, -0.1) is 0 Å². The lowest BCUT2D eigenvalue weighted by atomic mass is 10.3. The fraction of sp³-hybridized carbons (Fsp3) is 0.500. The number of aromatic nitrogens is 1. The highest BCUT2D eigenvalue weighted by atomic mass is 32.1. The Morgan fingerprint density at radius 3 is 2.81 bits per heavy atom. The van der Waals surface area contributed by atoms with Crippen LogP contribution in [0, 0.1) is 6.92 Å². The molecule has 0 saturated carbocycles. The molecule has 0 fully saturated rings. The van der Waals surface area contributed by atoms with Gasteiger partial charge in [0.2, 0.25) is 5.13 Å². The number of aliphatic imine (C=N–C) groups is 1. The molecule has 1 unspecified atom stereocenters. The third kappa shape index (κ3) is 3.30. The molecule has 0 aliphatic carbocycles. The van der Waals surface area contributed by atoms with E-state index in [0.717, 1.165) is 10.6 Å². The summed E-state index contributed by atoms with van der Waals surface area (Å²) in [4.78, 5) is 21.5. The van der Waals surface area contributed by atoms with Crippen molar-refractivity contribution in [1.29, 1.82) is 0 Å². The van der Waals surface area contributed by atoms with Gasteiger partial charge in [0.05, 0.1) is 16.9 Å². The molecule has 6 heteroatoms. The molecule has 1 aromatic heterocycles. The lowest BCUT2D eigenvalue weighted by molar-refractivity contribution is -0.132. The minimum absolute atomic E-state index is 0.265. The largest absolute Gasteiger partial charge is 0.459 e. The number of hydrogen-bond donors (Lipinski definition) is 0. The van der Waals surface area contributed by atoms with Crippen LogP contribution in [0.15, 0.2) is 4.99 Å². The van der Waals surface area contributed by atoms with Gasteiger partial charge in [-0.1, -0.05) is 11.3 Å². The SMILES string of the molecule is Cc1nc(N=CN(C)C)sc1C(C)OC=O. The summed E-state index contributed by atoms with van der Waals surface area (Å²) in [5, 5.41) is 0.669.